The standard InChI is InChI=1S/C55H57ClN2Si/c1-53(2,3)40-26-30-44(31-27-40)58-46-33-42(55(7,8)9)35-49(37-46)59(10,47-20-15-12-16-21-47)48-34-41(54(4,5)6)32-45(36-48)57(50-22-17-23-51(58)52(50)56)43-28-24-39(25-29-43)38-18-13-11-14-19-38/h11-37H,1-10H3. The number of rotatable bonds is 4. The van der Waals surface area contributed by atoms with Crippen LogP contribution in [0.2, 0.25) is 11.6 Å². The van der Waals surface area contributed by atoms with Gasteiger partial charge in [-0.15, -0.1) is 0 Å². The first-order valence-corrected chi connectivity index (χ1v) is 23.8. The highest BCUT2D eigenvalue weighted by Gasteiger charge is 2.38. The molecular weight excluding hydrogens is 752 g/mol. The molecule has 0 N–H and O–H groups in total. The van der Waals surface area contributed by atoms with Gasteiger partial charge in [0.25, 0.3) is 0 Å². The molecule has 1 heterocycles. The molecule has 4 heteroatoms. The second-order valence-corrected chi connectivity index (χ2v) is 23.9. The largest absolute Gasteiger partial charge is 0.309 e. The lowest BCUT2D eigenvalue weighted by atomic mass is 9.86. The van der Waals surface area contributed by atoms with E-state index >= 15 is 0 Å². The fraction of sp³-hybridized carbons (Fsp3) is 0.236. The number of benzene rings is 7. The number of hydrogen-bond acceptors (Lipinski definition) is 2. The van der Waals surface area contributed by atoms with Crippen LogP contribution in [0.5, 0.6) is 0 Å². The molecule has 0 fully saturated rings. The van der Waals surface area contributed by atoms with Crippen LogP contribution in [-0.4, -0.2) is 8.07 Å². The van der Waals surface area contributed by atoms with Crippen LogP contribution in [0, 0.1) is 0 Å². The van der Waals surface area contributed by atoms with Crippen molar-refractivity contribution in [3.63, 3.8) is 0 Å². The third-order valence-corrected chi connectivity index (χ3v) is 17.0. The third-order valence-electron chi connectivity index (χ3n) is 12.3. The van der Waals surface area contributed by atoms with E-state index < -0.39 is 8.07 Å². The molecule has 1 unspecified atom stereocenters. The van der Waals surface area contributed by atoms with Crippen molar-refractivity contribution in [2.24, 2.45) is 0 Å². The minimum atomic E-state index is -2.72. The average molecular weight is 810 g/mol. The maximum Gasteiger partial charge on any atom is 0.145 e. The predicted octanol–water partition coefficient (Wildman–Crippen LogP) is 14.3. The second kappa shape index (κ2) is 15.0. The zero-order valence-corrected chi connectivity index (χ0v) is 38.1. The number of fused-ring (bicyclic) bond motifs is 6. The van der Waals surface area contributed by atoms with Crippen molar-refractivity contribution < 1.29 is 0 Å². The van der Waals surface area contributed by atoms with Gasteiger partial charge in [0.1, 0.15) is 8.07 Å². The molecule has 1 atom stereocenters. The molecule has 6 bridgehead atoms. The first-order chi connectivity index (χ1) is 27.9. The van der Waals surface area contributed by atoms with Crippen LogP contribution in [-0.2, 0) is 16.2 Å². The molecule has 0 radical (unpaired) electrons. The Hall–Kier alpha value is -5.35. The van der Waals surface area contributed by atoms with Crippen molar-refractivity contribution in [2.45, 2.75) is 85.1 Å². The maximum absolute atomic E-state index is 7.92. The monoisotopic (exact) mass is 808 g/mol. The number of anilines is 6. The molecule has 7 aromatic carbocycles. The first-order valence-electron chi connectivity index (χ1n) is 21.0. The quantitative estimate of drug-likeness (QED) is 0.163. The second-order valence-electron chi connectivity index (χ2n) is 19.5. The van der Waals surface area contributed by atoms with Crippen molar-refractivity contribution in [3.8, 4) is 11.1 Å². The normalized spacial score (nSPS) is 15.7. The van der Waals surface area contributed by atoms with Crippen LogP contribution in [0.1, 0.15) is 79.0 Å². The lowest BCUT2D eigenvalue weighted by Gasteiger charge is -2.38. The summed E-state index contributed by atoms with van der Waals surface area (Å²) in [6, 6.07) is 61.2. The molecule has 1 aliphatic rings. The molecule has 1 aliphatic heterocycles. The Kier molecular flexibility index (Phi) is 10.3. The summed E-state index contributed by atoms with van der Waals surface area (Å²) in [5, 5.41) is 4.80. The van der Waals surface area contributed by atoms with E-state index in [1.165, 1.54) is 43.4 Å². The van der Waals surface area contributed by atoms with E-state index in [1.54, 1.807) is 0 Å². The molecule has 0 aliphatic carbocycles. The molecule has 2 nitrogen and oxygen atoms in total. The fourth-order valence-corrected chi connectivity index (χ4v) is 12.4. The van der Waals surface area contributed by atoms with Crippen LogP contribution in [0.4, 0.5) is 34.1 Å². The summed E-state index contributed by atoms with van der Waals surface area (Å²) >= 11 is 7.92. The Morgan fingerprint density at radius 1 is 0.373 bits per heavy atom. The highest BCUT2D eigenvalue weighted by Crippen LogP contribution is 2.48. The third kappa shape index (κ3) is 7.68. The molecule has 0 aromatic heterocycles. The van der Waals surface area contributed by atoms with Crippen molar-refractivity contribution in [1.82, 2.24) is 0 Å². The van der Waals surface area contributed by atoms with Gasteiger partial charge in [0, 0.05) is 22.7 Å². The highest BCUT2D eigenvalue weighted by atomic mass is 35.5. The summed E-state index contributed by atoms with van der Waals surface area (Å²) < 4.78 is 0. The lowest BCUT2D eigenvalue weighted by molar-refractivity contribution is 0.590. The number of hydrogen-bond donors (Lipinski definition) is 0. The van der Waals surface area contributed by atoms with E-state index in [4.69, 9.17) is 11.6 Å². The molecular formula is C55H57ClN2Si. The van der Waals surface area contributed by atoms with Crippen molar-refractivity contribution in [2.75, 3.05) is 9.80 Å². The van der Waals surface area contributed by atoms with Gasteiger partial charge in [0.05, 0.1) is 16.4 Å². The van der Waals surface area contributed by atoms with Gasteiger partial charge >= 0.3 is 0 Å². The summed E-state index contributed by atoms with van der Waals surface area (Å²) in [5.74, 6) is 0. The smallest absolute Gasteiger partial charge is 0.145 e. The Morgan fingerprint density at radius 3 is 1.22 bits per heavy atom. The Morgan fingerprint density at radius 2 is 0.780 bits per heavy atom. The van der Waals surface area contributed by atoms with E-state index in [0.717, 1.165) is 34.1 Å². The van der Waals surface area contributed by atoms with E-state index in [2.05, 4.69) is 242 Å². The highest BCUT2D eigenvalue weighted by molar-refractivity contribution is 7.10. The Bertz CT molecular complexity index is 2610. The van der Waals surface area contributed by atoms with Crippen molar-refractivity contribution >= 4 is 69.4 Å². The molecule has 0 amide bonds. The van der Waals surface area contributed by atoms with Gasteiger partial charge in [-0.3, -0.25) is 0 Å². The van der Waals surface area contributed by atoms with Gasteiger partial charge in [0.2, 0.25) is 0 Å². The molecule has 8 rings (SSSR count). The molecule has 298 valence electrons. The molecule has 0 saturated carbocycles. The topological polar surface area (TPSA) is 6.48 Å². The predicted molar refractivity (Wildman–Crippen MR) is 259 cm³/mol. The summed E-state index contributed by atoms with van der Waals surface area (Å²) in [6.45, 7) is 23.3. The minimum Gasteiger partial charge on any atom is -0.309 e. The average Bonchev–Trinajstić information content (AvgIpc) is 3.21. The molecule has 0 saturated heterocycles. The Balaban J connectivity index is 1.51. The van der Waals surface area contributed by atoms with Crippen LogP contribution in [0.25, 0.3) is 11.1 Å². The summed E-state index contributed by atoms with van der Waals surface area (Å²) in [5.41, 5.74) is 12.3. The van der Waals surface area contributed by atoms with Gasteiger partial charge in [-0.1, -0.05) is 184 Å². The lowest BCUT2D eigenvalue weighted by Crippen LogP contribution is -2.65. The Labute approximate surface area is 359 Å². The summed E-state index contributed by atoms with van der Waals surface area (Å²) in [6.07, 6.45) is 0. The SMILES string of the molecule is CC(C)(C)c1ccc(N2c3cc(C(C)(C)C)cc(c3)[Si](C)(c3ccccc3)c3cc(cc(C(C)(C)C)c3)N(c3ccc(-c4ccccc4)cc3)c3cccc2c3Cl)cc1. The van der Waals surface area contributed by atoms with Gasteiger partial charge < -0.3 is 9.80 Å². The van der Waals surface area contributed by atoms with E-state index in [-0.39, 0.29) is 16.2 Å². The number of halogens is 1. The zero-order chi connectivity index (χ0) is 41.9. The maximum atomic E-state index is 7.92. The van der Waals surface area contributed by atoms with Gasteiger partial charge in [-0.25, -0.2) is 0 Å². The molecule has 59 heavy (non-hydrogen) atoms. The fourth-order valence-electron chi connectivity index (χ4n) is 8.45. The first kappa shape index (κ1) is 40.4. The van der Waals surface area contributed by atoms with E-state index in [0.29, 0.717) is 5.02 Å². The van der Waals surface area contributed by atoms with Gasteiger partial charge in [-0.05, 0) is 120 Å². The number of nitrogens with zero attached hydrogens (tertiary/aromatic N) is 2. The summed E-state index contributed by atoms with van der Waals surface area (Å²) in [7, 11) is -2.72. The van der Waals surface area contributed by atoms with Crippen LogP contribution < -0.4 is 25.4 Å². The van der Waals surface area contributed by atoms with Crippen LogP contribution in [0.3, 0.4) is 0 Å². The molecule has 7 aromatic rings. The van der Waals surface area contributed by atoms with Gasteiger partial charge in [0.15, 0.2) is 0 Å². The van der Waals surface area contributed by atoms with Crippen LogP contribution in [0.15, 0.2) is 164 Å². The van der Waals surface area contributed by atoms with Crippen molar-refractivity contribution in [3.05, 3.63) is 186 Å². The minimum absolute atomic E-state index is 0.0234. The van der Waals surface area contributed by atoms with Crippen LogP contribution >= 0.6 is 11.6 Å². The van der Waals surface area contributed by atoms with Gasteiger partial charge in [-0.2, -0.15) is 0 Å². The van der Waals surface area contributed by atoms with Crippen molar-refractivity contribution in [1.29, 1.82) is 0 Å². The van der Waals surface area contributed by atoms with E-state index in [1.807, 2.05) is 0 Å². The van der Waals surface area contributed by atoms with E-state index in [9.17, 15) is 0 Å². The molecule has 0 spiro atoms. The summed E-state index contributed by atoms with van der Waals surface area (Å²) in [4.78, 5) is 4.78. The zero-order valence-electron chi connectivity index (χ0n) is 36.4.